The van der Waals surface area contributed by atoms with E-state index in [9.17, 15) is 14.4 Å². The number of nitrogens with zero attached hydrogens (tertiary/aromatic N) is 2. The Balaban J connectivity index is 1.71. The van der Waals surface area contributed by atoms with Gasteiger partial charge in [0.15, 0.2) is 0 Å². The van der Waals surface area contributed by atoms with Crippen molar-refractivity contribution in [2.75, 3.05) is 26.2 Å². The zero-order valence-electron chi connectivity index (χ0n) is 24.0. The summed E-state index contributed by atoms with van der Waals surface area (Å²) < 4.78 is 1.09. The predicted octanol–water partition coefficient (Wildman–Crippen LogP) is 3.99. The Labute approximate surface area is 237 Å². The molecule has 1 aromatic heterocycles. The third kappa shape index (κ3) is 8.86. The van der Waals surface area contributed by atoms with Gasteiger partial charge in [-0.2, -0.15) is 0 Å². The number of hydrogen-bond donors (Lipinski definition) is 3. The standard InChI is InChI=1S/C30H45N5O3S/c1-6-21-14-15-23-26(16-21)39-28(33-23)17-24(32-27(36)7-2)30(38)34-25(22-12-10-11-13-22)18-31-29(37)20(5)19-35(8-3)9-4/h14-16,22,24-25H,5-13,17-19H2,1-4H3,(H,31,37)(H,32,36)(H,34,38)/t24-,25+/m0/s1. The molecule has 0 saturated heterocycles. The molecule has 1 aliphatic carbocycles. The van der Waals surface area contributed by atoms with Crippen LogP contribution in [0.2, 0.25) is 0 Å². The van der Waals surface area contributed by atoms with E-state index in [4.69, 9.17) is 4.98 Å². The van der Waals surface area contributed by atoms with Crippen molar-refractivity contribution in [3.63, 3.8) is 0 Å². The SMILES string of the molecule is C=C(CN(CC)CC)C(=O)NC[C@@H](NC(=O)[C@H](Cc1nc2ccc(CC)cc2s1)NC(=O)CC)C1CCCC1. The van der Waals surface area contributed by atoms with E-state index in [0.717, 1.165) is 60.4 Å². The molecule has 9 heteroatoms. The van der Waals surface area contributed by atoms with Gasteiger partial charge in [0.25, 0.3) is 0 Å². The van der Waals surface area contributed by atoms with E-state index in [1.54, 1.807) is 18.3 Å². The number of carbonyl (C=O) groups excluding carboxylic acids is 3. The van der Waals surface area contributed by atoms with E-state index in [1.165, 1.54) is 5.56 Å². The number of likely N-dealkylation sites (N-methyl/N-ethyl adjacent to an activating group) is 1. The van der Waals surface area contributed by atoms with Crippen molar-refractivity contribution >= 4 is 39.3 Å². The molecule has 214 valence electrons. The number of aryl methyl sites for hydroxylation is 1. The van der Waals surface area contributed by atoms with Crippen LogP contribution < -0.4 is 16.0 Å². The lowest BCUT2D eigenvalue weighted by Gasteiger charge is -2.28. The molecule has 0 unspecified atom stereocenters. The summed E-state index contributed by atoms with van der Waals surface area (Å²) in [5, 5.41) is 9.91. The Kier molecular flexibility index (Phi) is 11.9. The minimum absolute atomic E-state index is 0.178. The van der Waals surface area contributed by atoms with E-state index >= 15 is 0 Å². The molecule has 1 fully saturated rings. The maximum Gasteiger partial charge on any atom is 0.247 e. The maximum absolute atomic E-state index is 13.6. The van der Waals surface area contributed by atoms with Crippen molar-refractivity contribution in [3.05, 3.63) is 40.9 Å². The van der Waals surface area contributed by atoms with Crippen LogP contribution in [-0.4, -0.2) is 65.9 Å². The number of fused-ring (bicyclic) bond motifs is 1. The average Bonchev–Trinajstić information content (AvgIpc) is 3.62. The van der Waals surface area contributed by atoms with Gasteiger partial charge in [0.2, 0.25) is 17.7 Å². The fourth-order valence-corrected chi connectivity index (χ4v) is 6.18. The van der Waals surface area contributed by atoms with E-state index < -0.39 is 6.04 Å². The van der Waals surface area contributed by atoms with Crippen molar-refractivity contribution < 1.29 is 14.4 Å². The highest BCUT2D eigenvalue weighted by Gasteiger charge is 2.30. The lowest BCUT2D eigenvalue weighted by Crippen LogP contribution is -2.55. The second-order valence-corrected chi connectivity index (χ2v) is 11.5. The molecule has 3 rings (SSSR count). The maximum atomic E-state index is 13.6. The number of carbonyl (C=O) groups is 3. The fraction of sp³-hybridized carbons (Fsp3) is 0.600. The second kappa shape index (κ2) is 15.1. The Bertz CT molecular complexity index is 1140. The number of hydrogen-bond acceptors (Lipinski definition) is 6. The summed E-state index contributed by atoms with van der Waals surface area (Å²) in [5.41, 5.74) is 2.67. The predicted molar refractivity (Wildman–Crippen MR) is 159 cm³/mol. The van der Waals surface area contributed by atoms with E-state index in [1.807, 2.05) is 6.07 Å². The molecule has 3 amide bonds. The summed E-state index contributed by atoms with van der Waals surface area (Å²) in [6, 6.07) is 5.28. The largest absolute Gasteiger partial charge is 0.350 e. The lowest BCUT2D eigenvalue weighted by molar-refractivity contribution is -0.129. The number of thiazole rings is 1. The van der Waals surface area contributed by atoms with Gasteiger partial charge in [0.1, 0.15) is 6.04 Å². The van der Waals surface area contributed by atoms with Gasteiger partial charge in [-0.15, -0.1) is 11.3 Å². The van der Waals surface area contributed by atoms with Crippen molar-refractivity contribution in [1.82, 2.24) is 25.8 Å². The van der Waals surface area contributed by atoms with Crippen molar-refractivity contribution in [2.45, 2.75) is 84.7 Å². The van der Waals surface area contributed by atoms with Gasteiger partial charge >= 0.3 is 0 Å². The van der Waals surface area contributed by atoms with Crippen molar-refractivity contribution in [1.29, 1.82) is 0 Å². The van der Waals surface area contributed by atoms with Crippen LogP contribution in [-0.2, 0) is 27.2 Å². The topological polar surface area (TPSA) is 103 Å². The zero-order valence-corrected chi connectivity index (χ0v) is 24.8. The molecular weight excluding hydrogens is 510 g/mol. The molecule has 8 nitrogen and oxygen atoms in total. The minimum Gasteiger partial charge on any atom is -0.350 e. The minimum atomic E-state index is -0.735. The highest BCUT2D eigenvalue weighted by atomic mass is 32.1. The molecular formula is C30H45N5O3S. The fourth-order valence-electron chi connectivity index (χ4n) is 5.10. The Morgan fingerprint density at radius 3 is 2.46 bits per heavy atom. The molecule has 0 bridgehead atoms. The summed E-state index contributed by atoms with van der Waals surface area (Å²) in [6.07, 6.45) is 5.80. The number of benzene rings is 1. The first-order valence-corrected chi connectivity index (χ1v) is 15.3. The molecule has 2 atom stereocenters. The summed E-state index contributed by atoms with van der Waals surface area (Å²) in [5.74, 6) is -0.319. The Morgan fingerprint density at radius 2 is 1.82 bits per heavy atom. The monoisotopic (exact) mass is 555 g/mol. The van der Waals surface area contributed by atoms with E-state index in [2.05, 4.69) is 60.3 Å². The highest BCUT2D eigenvalue weighted by Crippen LogP contribution is 2.28. The van der Waals surface area contributed by atoms with Gasteiger partial charge in [-0.05, 0) is 56.0 Å². The third-order valence-electron chi connectivity index (χ3n) is 7.67. The first kappa shape index (κ1) is 30.8. The van der Waals surface area contributed by atoms with E-state index in [-0.39, 0.29) is 29.7 Å². The van der Waals surface area contributed by atoms with Gasteiger partial charge in [-0.3, -0.25) is 19.3 Å². The van der Waals surface area contributed by atoms with E-state index in [0.29, 0.717) is 31.5 Å². The molecule has 0 radical (unpaired) electrons. The number of rotatable bonds is 15. The lowest BCUT2D eigenvalue weighted by atomic mass is 9.97. The quantitative estimate of drug-likeness (QED) is 0.289. The summed E-state index contributed by atoms with van der Waals surface area (Å²) >= 11 is 1.56. The molecule has 3 N–H and O–H groups in total. The number of aromatic nitrogens is 1. The van der Waals surface area contributed by atoms with Crippen LogP contribution >= 0.6 is 11.3 Å². The van der Waals surface area contributed by atoms with Crippen LogP contribution in [0.1, 0.15) is 70.4 Å². The Morgan fingerprint density at radius 1 is 1.10 bits per heavy atom. The molecule has 1 aliphatic rings. The van der Waals surface area contributed by atoms with Crippen LogP contribution in [0.15, 0.2) is 30.4 Å². The molecule has 0 aliphatic heterocycles. The normalized spacial score (nSPS) is 15.3. The Hall–Kier alpha value is -2.78. The second-order valence-electron chi connectivity index (χ2n) is 10.4. The molecule has 1 heterocycles. The van der Waals surface area contributed by atoms with Gasteiger partial charge in [0.05, 0.1) is 15.2 Å². The van der Waals surface area contributed by atoms with Gasteiger partial charge in [0, 0.05) is 37.5 Å². The molecule has 1 saturated carbocycles. The highest BCUT2D eigenvalue weighted by molar-refractivity contribution is 7.18. The van der Waals surface area contributed by atoms with Gasteiger partial charge < -0.3 is 16.0 Å². The van der Waals surface area contributed by atoms with Gasteiger partial charge in [-0.1, -0.05) is 53.2 Å². The smallest absolute Gasteiger partial charge is 0.247 e. The number of nitrogens with one attached hydrogen (secondary N) is 3. The van der Waals surface area contributed by atoms with Crippen LogP contribution in [0.4, 0.5) is 0 Å². The average molecular weight is 556 g/mol. The van der Waals surface area contributed by atoms with Crippen LogP contribution in [0.3, 0.4) is 0 Å². The molecule has 2 aromatic rings. The van der Waals surface area contributed by atoms with Crippen LogP contribution in [0.5, 0.6) is 0 Å². The summed E-state index contributed by atoms with van der Waals surface area (Å²) in [6.45, 7) is 14.5. The van der Waals surface area contributed by atoms with Gasteiger partial charge in [-0.25, -0.2) is 4.98 Å². The first-order valence-electron chi connectivity index (χ1n) is 14.4. The first-order chi connectivity index (χ1) is 18.8. The third-order valence-corrected chi connectivity index (χ3v) is 8.71. The molecule has 0 spiro atoms. The van der Waals surface area contributed by atoms with Crippen LogP contribution in [0.25, 0.3) is 10.2 Å². The summed E-state index contributed by atoms with van der Waals surface area (Å²) in [4.78, 5) is 45.6. The zero-order chi connectivity index (χ0) is 28.4. The molecule has 39 heavy (non-hydrogen) atoms. The van der Waals surface area contributed by atoms with Crippen molar-refractivity contribution in [2.24, 2.45) is 5.92 Å². The summed E-state index contributed by atoms with van der Waals surface area (Å²) in [7, 11) is 0. The van der Waals surface area contributed by atoms with Crippen molar-refractivity contribution in [3.8, 4) is 0 Å². The molecule has 1 aromatic carbocycles. The van der Waals surface area contributed by atoms with Crippen LogP contribution in [0, 0.1) is 5.92 Å². The number of amides is 3.